The third-order valence-corrected chi connectivity index (χ3v) is 7.36. The third kappa shape index (κ3) is 4.95. The van der Waals surface area contributed by atoms with Crippen LogP contribution in [0.1, 0.15) is 60.9 Å². The summed E-state index contributed by atoms with van der Waals surface area (Å²) in [6, 6.07) is 4.01. The number of amides is 2. The summed E-state index contributed by atoms with van der Waals surface area (Å²) in [5.41, 5.74) is 0.865. The molecule has 1 atom stereocenters. The van der Waals surface area contributed by atoms with E-state index < -0.39 is 11.0 Å². The molecule has 1 aliphatic carbocycles. The Morgan fingerprint density at radius 3 is 2.38 bits per heavy atom. The lowest BCUT2D eigenvalue weighted by Gasteiger charge is -2.39. The van der Waals surface area contributed by atoms with Gasteiger partial charge in [0.05, 0.1) is 4.92 Å². The zero-order valence-electron chi connectivity index (χ0n) is 19.0. The molecule has 2 aliphatic heterocycles. The molecule has 1 saturated carbocycles. The Morgan fingerprint density at radius 2 is 1.72 bits per heavy atom. The standard InChI is InChI=1S/C24H34N4O4/c1-18-16-20(9-10-21(18)28(31)32)23(29)27-11-5-8-22(27)24(30)26-14-12-25(13-15-26)17-19-6-3-2-4-7-19/h9-10,16,19,22H,2-8,11-15,17H2,1H3. The minimum Gasteiger partial charge on any atom is -0.338 e. The summed E-state index contributed by atoms with van der Waals surface area (Å²) in [7, 11) is 0. The molecule has 2 saturated heterocycles. The summed E-state index contributed by atoms with van der Waals surface area (Å²) in [4.78, 5) is 43.1. The van der Waals surface area contributed by atoms with Gasteiger partial charge in [0.25, 0.3) is 11.6 Å². The number of nitro benzene ring substituents is 1. The number of rotatable bonds is 5. The molecular formula is C24H34N4O4. The average Bonchev–Trinajstić information content (AvgIpc) is 3.29. The van der Waals surface area contributed by atoms with Gasteiger partial charge >= 0.3 is 0 Å². The maximum atomic E-state index is 13.3. The van der Waals surface area contributed by atoms with Crippen LogP contribution < -0.4 is 0 Å². The SMILES string of the molecule is Cc1cc(C(=O)N2CCCC2C(=O)N2CCN(CC3CCCCC3)CC2)ccc1[N+](=O)[O-]. The van der Waals surface area contributed by atoms with Crippen molar-refractivity contribution in [2.75, 3.05) is 39.3 Å². The van der Waals surface area contributed by atoms with E-state index >= 15 is 0 Å². The molecule has 0 aromatic heterocycles. The number of hydrogen-bond donors (Lipinski definition) is 0. The van der Waals surface area contributed by atoms with Crippen LogP contribution in [0.2, 0.25) is 0 Å². The number of piperazine rings is 1. The lowest BCUT2D eigenvalue weighted by molar-refractivity contribution is -0.385. The highest BCUT2D eigenvalue weighted by atomic mass is 16.6. The van der Waals surface area contributed by atoms with Crippen LogP contribution in [0.15, 0.2) is 18.2 Å². The Morgan fingerprint density at radius 1 is 1.00 bits per heavy atom. The molecule has 1 unspecified atom stereocenters. The first-order valence-electron chi connectivity index (χ1n) is 12.0. The Labute approximate surface area is 189 Å². The molecule has 1 aromatic carbocycles. The molecule has 8 nitrogen and oxygen atoms in total. The summed E-state index contributed by atoms with van der Waals surface area (Å²) in [5, 5.41) is 11.1. The summed E-state index contributed by atoms with van der Waals surface area (Å²) in [5.74, 6) is 0.640. The van der Waals surface area contributed by atoms with Crippen molar-refractivity contribution in [2.24, 2.45) is 5.92 Å². The van der Waals surface area contributed by atoms with Gasteiger partial charge < -0.3 is 9.80 Å². The van der Waals surface area contributed by atoms with Crippen LogP contribution in [0.4, 0.5) is 5.69 Å². The predicted octanol–water partition coefficient (Wildman–Crippen LogP) is 3.23. The van der Waals surface area contributed by atoms with Gasteiger partial charge in [0.1, 0.15) is 6.04 Å². The maximum Gasteiger partial charge on any atom is 0.272 e. The number of benzene rings is 1. The number of aryl methyl sites for hydroxylation is 1. The Hall–Kier alpha value is -2.48. The molecule has 1 aromatic rings. The van der Waals surface area contributed by atoms with Crippen LogP contribution in [-0.4, -0.2) is 76.7 Å². The highest BCUT2D eigenvalue weighted by Gasteiger charge is 2.38. The zero-order valence-corrected chi connectivity index (χ0v) is 19.0. The first kappa shape index (κ1) is 22.7. The molecule has 2 amide bonds. The van der Waals surface area contributed by atoms with E-state index in [0.29, 0.717) is 24.1 Å². The van der Waals surface area contributed by atoms with Crippen LogP contribution in [0.3, 0.4) is 0 Å². The minimum atomic E-state index is -0.445. The minimum absolute atomic E-state index is 0.00157. The monoisotopic (exact) mass is 442 g/mol. The highest BCUT2D eigenvalue weighted by molar-refractivity contribution is 5.98. The van der Waals surface area contributed by atoms with Crippen LogP contribution in [-0.2, 0) is 4.79 Å². The van der Waals surface area contributed by atoms with Crippen LogP contribution in [0.25, 0.3) is 0 Å². The third-order valence-electron chi connectivity index (χ3n) is 7.36. The van der Waals surface area contributed by atoms with Crippen LogP contribution >= 0.6 is 0 Å². The van der Waals surface area contributed by atoms with E-state index in [1.165, 1.54) is 44.2 Å². The van der Waals surface area contributed by atoms with E-state index in [0.717, 1.165) is 45.1 Å². The van der Waals surface area contributed by atoms with Gasteiger partial charge in [-0.1, -0.05) is 19.3 Å². The van der Waals surface area contributed by atoms with Crippen molar-refractivity contribution >= 4 is 17.5 Å². The number of likely N-dealkylation sites (tertiary alicyclic amines) is 1. The lowest BCUT2D eigenvalue weighted by atomic mass is 9.89. The van der Waals surface area contributed by atoms with Crippen molar-refractivity contribution < 1.29 is 14.5 Å². The van der Waals surface area contributed by atoms with Crippen molar-refractivity contribution in [1.29, 1.82) is 0 Å². The smallest absolute Gasteiger partial charge is 0.272 e. The van der Waals surface area contributed by atoms with Gasteiger partial charge in [-0.15, -0.1) is 0 Å². The number of hydrogen-bond acceptors (Lipinski definition) is 5. The normalized spacial score (nSPS) is 22.8. The van der Waals surface area contributed by atoms with Gasteiger partial charge in [-0.3, -0.25) is 24.6 Å². The van der Waals surface area contributed by atoms with Crippen LogP contribution in [0, 0.1) is 23.0 Å². The topological polar surface area (TPSA) is 87.0 Å². The fourth-order valence-corrected chi connectivity index (χ4v) is 5.52. The maximum absolute atomic E-state index is 13.3. The second-order valence-corrected chi connectivity index (χ2v) is 9.54. The van der Waals surface area contributed by atoms with Gasteiger partial charge in [0, 0.05) is 56.5 Å². The first-order chi connectivity index (χ1) is 15.4. The van der Waals surface area contributed by atoms with Gasteiger partial charge in [0.2, 0.25) is 5.91 Å². The molecule has 0 N–H and O–H groups in total. The van der Waals surface area contributed by atoms with Crippen molar-refractivity contribution in [3.05, 3.63) is 39.4 Å². The van der Waals surface area contributed by atoms with Crippen molar-refractivity contribution in [3.8, 4) is 0 Å². The van der Waals surface area contributed by atoms with Gasteiger partial charge in [-0.05, 0) is 50.7 Å². The summed E-state index contributed by atoms with van der Waals surface area (Å²) < 4.78 is 0. The summed E-state index contributed by atoms with van der Waals surface area (Å²) in [6.45, 7) is 6.59. The fraction of sp³-hybridized carbons (Fsp3) is 0.667. The molecule has 2 heterocycles. The second kappa shape index (κ2) is 9.98. The van der Waals surface area contributed by atoms with E-state index in [9.17, 15) is 19.7 Å². The Kier molecular flexibility index (Phi) is 7.08. The number of carbonyl (C=O) groups excluding carboxylic acids is 2. The molecule has 3 aliphatic rings. The van der Waals surface area contributed by atoms with Crippen LogP contribution in [0.5, 0.6) is 0 Å². The fourth-order valence-electron chi connectivity index (χ4n) is 5.52. The number of nitrogens with zero attached hydrogens (tertiary/aromatic N) is 4. The van der Waals surface area contributed by atoms with Gasteiger partial charge in [-0.25, -0.2) is 0 Å². The highest BCUT2D eigenvalue weighted by Crippen LogP contribution is 2.27. The number of nitro groups is 1. The second-order valence-electron chi connectivity index (χ2n) is 9.54. The van der Waals surface area contributed by atoms with Crippen molar-refractivity contribution in [2.45, 2.75) is 57.9 Å². The van der Waals surface area contributed by atoms with Crippen molar-refractivity contribution in [1.82, 2.24) is 14.7 Å². The lowest BCUT2D eigenvalue weighted by Crippen LogP contribution is -2.55. The summed E-state index contributed by atoms with van der Waals surface area (Å²) in [6.07, 6.45) is 8.22. The Balaban J connectivity index is 1.35. The zero-order chi connectivity index (χ0) is 22.7. The summed E-state index contributed by atoms with van der Waals surface area (Å²) >= 11 is 0. The van der Waals surface area contributed by atoms with Gasteiger partial charge in [-0.2, -0.15) is 0 Å². The van der Waals surface area contributed by atoms with E-state index in [2.05, 4.69) is 4.90 Å². The van der Waals surface area contributed by atoms with E-state index in [-0.39, 0.29) is 17.5 Å². The van der Waals surface area contributed by atoms with E-state index in [1.54, 1.807) is 17.9 Å². The molecule has 8 heteroatoms. The average molecular weight is 443 g/mol. The quantitative estimate of drug-likeness (QED) is 0.516. The Bertz CT molecular complexity index is 860. The van der Waals surface area contributed by atoms with Crippen molar-refractivity contribution in [3.63, 3.8) is 0 Å². The molecule has 0 bridgehead atoms. The van der Waals surface area contributed by atoms with E-state index in [1.807, 2.05) is 4.90 Å². The van der Waals surface area contributed by atoms with E-state index in [4.69, 9.17) is 0 Å². The first-order valence-corrected chi connectivity index (χ1v) is 12.0. The molecule has 0 spiro atoms. The largest absolute Gasteiger partial charge is 0.338 e. The molecular weight excluding hydrogens is 408 g/mol. The molecule has 3 fully saturated rings. The molecule has 4 rings (SSSR count). The molecule has 0 radical (unpaired) electrons. The molecule has 32 heavy (non-hydrogen) atoms. The molecule has 174 valence electrons. The number of carbonyl (C=O) groups is 2. The predicted molar refractivity (Wildman–Crippen MR) is 121 cm³/mol. The van der Waals surface area contributed by atoms with Gasteiger partial charge in [0.15, 0.2) is 0 Å².